The fraction of sp³-hybridized carbons (Fsp3) is 0.290. The first-order valence-corrected chi connectivity index (χ1v) is 12.8. The van der Waals surface area contributed by atoms with Crippen LogP contribution in [0.1, 0.15) is 41.8 Å². The van der Waals surface area contributed by atoms with Crippen molar-refractivity contribution >= 4 is 22.8 Å². The first-order valence-electron chi connectivity index (χ1n) is 12.8. The van der Waals surface area contributed by atoms with Crippen molar-refractivity contribution in [2.75, 3.05) is 0 Å². The molecule has 192 valence electrons. The van der Waals surface area contributed by atoms with Crippen LogP contribution in [-0.4, -0.2) is 38.5 Å². The molecule has 4 rings (SSSR count). The molecule has 6 heteroatoms. The third-order valence-electron chi connectivity index (χ3n) is 6.67. The molecule has 37 heavy (non-hydrogen) atoms. The van der Waals surface area contributed by atoms with Crippen molar-refractivity contribution in [3.63, 3.8) is 0 Å². The second-order valence-electron chi connectivity index (χ2n) is 10.1. The number of carbonyl (C=O) groups excluding carboxylic acids is 1. The molecule has 2 atom stereocenters. The lowest BCUT2D eigenvalue weighted by atomic mass is 9.99. The molecule has 0 saturated carbocycles. The van der Waals surface area contributed by atoms with E-state index in [4.69, 9.17) is 5.73 Å². The van der Waals surface area contributed by atoms with Crippen LogP contribution in [0.2, 0.25) is 0 Å². The first-order chi connectivity index (χ1) is 17.8. The van der Waals surface area contributed by atoms with Gasteiger partial charge in [0.05, 0.1) is 11.6 Å². The zero-order valence-electron chi connectivity index (χ0n) is 21.5. The monoisotopic (exact) mass is 497 g/mol. The third-order valence-corrected chi connectivity index (χ3v) is 6.67. The number of benzene rings is 3. The summed E-state index contributed by atoms with van der Waals surface area (Å²) in [6.07, 6.45) is 2.63. The number of hydrogen-bond acceptors (Lipinski definition) is 4. The Balaban J connectivity index is 1.75. The number of aromatic nitrogens is 1. The van der Waals surface area contributed by atoms with E-state index >= 15 is 0 Å². The molecule has 0 aliphatic carbocycles. The van der Waals surface area contributed by atoms with Gasteiger partial charge in [0.15, 0.2) is 0 Å². The molecule has 0 amide bonds. The summed E-state index contributed by atoms with van der Waals surface area (Å²) in [4.78, 5) is 28.0. The molecular formula is C31H35N3O3. The van der Waals surface area contributed by atoms with Crippen LogP contribution < -0.4 is 5.73 Å². The molecule has 0 aliphatic rings. The van der Waals surface area contributed by atoms with Crippen LogP contribution in [-0.2, 0) is 24.3 Å². The van der Waals surface area contributed by atoms with E-state index in [1.807, 2.05) is 60.7 Å². The Morgan fingerprint density at radius 3 is 1.95 bits per heavy atom. The SMILES string of the molecule is CC(C)CC(C(=O)n1cc(CC(N)C(=O)O)c2ccccc21)N(Cc1ccccc1)Cc1ccccc1. The first kappa shape index (κ1) is 26.3. The maximum Gasteiger partial charge on any atom is 0.320 e. The van der Waals surface area contributed by atoms with E-state index in [9.17, 15) is 14.7 Å². The average molecular weight is 498 g/mol. The number of nitrogens with zero attached hydrogens (tertiary/aromatic N) is 2. The lowest BCUT2D eigenvalue weighted by Gasteiger charge is -2.32. The largest absolute Gasteiger partial charge is 0.480 e. The van der Waals surface area contributed by atoms with Gasteiger partial charge in [-0.15, -0.1) is 0 Å². The Kier molecular flexibility index (Phi) is 8.54. The van der Waals surface area contributed by atoms with E-state index in [1.54, 1.807) is 10.8 Å². The quantitative estimate of drug-likeness (QED) is 0.292. The molecule has 1 aromatic heterocycles. The van der Waals surface area contributed by atoms with Crippen molar-refractivity contribution in [2.45, 2.75) is 51.9 Å². The van der Waals surface area contributed by atoms with Crippen molar-refractivity contribution in [2.24, 2.45) is 11.7 Å². The van der Waals surface area contributed by atoms with Gasteiger partial charge in [0.2, 0.25) is 5.91 Å². The second kappa shape index (κ2) is 12.0. The van der Waals surface area contributed by atoms with Crippen molar-refractivity contribution < 1.29 is 14.7 Å². The number of carboxylic acids is 1. The van der Waals surface area contributed by atoms with Crippen LogP contribution in [0.25, 0.3) is 10.9 Å². The molecule has 6 nitrogen and oxygen atoms in total. The van der Waals surface area contributed by atoms with Gasteiger partial charge in [-0.3, -0.25) is 19.1 Å². The summed E-state index contributed by atoms with van der Waals surface area (Å²) >= 11 is 0. The molecule has 4 aromatic rings. The molecule has 0 radical (unpaired) electrons. The summed E-state index contributed by atoms with van der Waals surface area (Å²) in [7, 11) is 0. The number of carboxylic acid groups (broad SMARTS) is 1. The third kappa shape index (κ3) is 6.53. The summed E-state index contributed by atoms with van der Waals surface area (Å²) in [6.45, 7) is 5.53. The fourth-order valence-corrected chi connectivity index (χ4v) is 4.84. The fourth-order valence-electron chi connectivity index (χ4n) is 4.84. The van der Waals surface area contributed by atoms with Crippen LogP contribution in [0.3, 0.4) is 0 Å². The average Bonchev–Trinajstić information content (AvgIpc) is 3.26. The second-order valence-corrected chi connectivity index (χ2v) is 10.1. The molecule has 3 aromatic carbocycles. The molecule has 3 N–H and O–H groups in total. The molecule has 0 spiro atoms. The van der Waals surface area contributed by atoms with Crippen LogP contribution in [0.5, 0.6) is 0 Å². The summed E-state index contributed by atoms with van der Waals surface area (Å²) in [5, 5.41) is 10.2. The number of carbonyl (C=O) groups is 2. The molecule has 2 unspecified atom stereocenters. The van der Waals surface area contributed by atoms with E-state index in [0.717, 1.165) is 27.6 Å². The Bertz CT molecular complexity index is 1290. The highest BCUT2D eigenvalue weighted by Crippen LogP contribution is 2.26. The van der Waals surface area contributed by atoms with Crippen LogP contribution in [0.15, 0.2) is 91.1 Å². The summed E-state index contributed by atoms with van der Waals surface area (Å²) in [5.74, 6) is -0.783. The molecule has 1 heterocycles. The summed E-state index contributed by atoms with van der Waals surface area (Å²) < 4.78 is 1.70. The normalized spacial score (nSPS) is 13.2. The van der Waals surface area contributed by atoms with Gasteiger partial charge in [0, 0.05) is 31.1 Å². The van der Waals surface area contributed by atoms with Gasteiger partial charge in [-0.2, -0.15) is 0 Å². The zero-order valence-corrected chi connectivity index (χ0v) is 21.5. The number of hydrogen-bond donors (Lipinski definition) is 2. The van der Waals surface area contributed by atoms with Crippen LogP contribution >= 0.6 is 0 Å². The molecule has 0 fully saturated rings. The Labute approximate surface area is 218 Å². The maximum absolute atomic E-state index is 14.3. The smallest absolute Gasteiger partial charge is 0.320 e. The lowest BCUT2D eigenvalue weighted by Crippen LogP contribution is -2.43. The van der Waals surface area contributed by atoms with Crippen LogP contribution in [0.4, 0.5) is 0 Å². The minimum atomic E-state index is -1.06. The Hall–Kier alpha value is -3.74. The van der Waals surface area contributed by atoms with Gasteiger partial charge in [0.1, 0.15) is 6.04 Å². The summed E-state index contributed by atoms with van der Waals surface area (Å²) in [5.41, 5.74) is 9.69. The Morgan fingerprint density at radius 1 is 0.865 bits per heavy atom. The highest BCUT2D eigenvalue weighted by Gasteiger charge is 2.30. The number of para-hydroxylation sites is 1. The van der Waals surface area contributed by atoms with Crippen molar-refractivity contribution in [1.82, 2.24) is 9.47 Å². The molecule has 0 bridgehead atoms. The van der Waals surface area contributed by atoms with E-state index in [0.29, 0.717) is 25.4 Å². The minimum absolute atomic E-state index is 0.0214. The number of fused-ring (bicyclic) bond motifs is 1. The maximum atomic E-state index is 14.3. The predicted molar refractivity (Wildman–Crippen MR) is 147 cm³/mol. The predicted octanol–water partition coefficient (Wildman–Crippen LogP) is 5.35. The van der Waals surface area contributed by atoms with Gasteiger partial charge < -0.3 is 10.8 Å². The van der Waals surface area contributed by atoms with Gasteiger partial charge in [0.25, 0.3) is 0 Å². The van der Waals surface area contributed by atoms with Crippen molar-refractivity contribution in [1.29, 1.82) is 0 Å². The van der Waals surface area contributed by atoms with E-state index in [2.05, 4.69) is 43.0 Å². The van der Waals surface area contributed by atoms with Gasteiger partial charge >= 0.3 is 5.97 Å². The van der Waals surface area contributed by atoms with E-state index < -0.39 is 12.0 Å². The number of nitrogens with two attached hydrogens (primary N) is 1. The standard InChI is InChI=1S/C31H35N3O3/c1-22(2)17-29(33(19-23-11-5-3-6-12-23)20-24-13-7-4-8-14-24)30(35)34-21-25(18-27(32)31(36)37)26-15-9-10-16-28(26)34/h3-16,21-22,27,29H,17-20,32H2,1-2H3,(H,36,37). The number of rotatable bonds is 11. The van der Waals surface area contributed by atoms with E-state index in [1.165, 1.54) is 0 Å². The van der Waals surface area contributed by atoms with Crippen molar-refractivity contribution in [3.05, 3.63) is 108 Å². The molecule has 0 saturated heterocycles. The van der Waals surface area contributed by atoms with Gasteiger partial charge in [-0.05, 0) is 35.1 Å². The van der Waals surface area contributed by atoms with Gasteiger partial charge in [-0.1, -0.05) is 92.7 Å². The van der Waals surface area contributed by atoms with E-state index in [-0.39, 0.29) is 18.4 Å². The highest BCUT2D eigenvalue weighted by molar-refractivity contribution is 5.97. The topological polar surface area (TPSA) is 88.6 Å². The highest BCUT2D eigenvalue weighted by atomic mass is 16.4. The van der Waals surface area contributed by atoms with Crippen molar-refractivity contribution in [3.8, 4) is 0 Å². The minimum Gasteiger partial charge on any atom is -0.480 e. The molecule has 0 aliphatic heterocycles. The lowest BCUT2D eigenvalue weighted by molar-refractivity contribution is -0.138. The molecular weight excluding hydrogens is 462 g/mol. The summed E-state index contributed by atoms with van der Waals surface area (Å²) in [6, 6.07) is 26.7. The van der Waals surface area contributed by atoms with Crippen LogP contribution in [0, 0.1) is 5.92 Å². The Morgan fingerprint density at radius 2 is 1.41 bits per heavy atom. The van der Waals surface area contributed by atoms with Gasteiger partial charge in [-0.25, -0.2) is 0 Å². The number of aliphatic carboxylic acids is 1. The zero-order chi connectivity index (χ0) is 26.4.